The molecule has 7 heteroatoms. The summed E-state index contributed by atoms with van der Waals surface area (Å²) in [5.74, 6) is -2.45. The lowest BCUT2D eigenvalue weighted by Crippen LogP contribution is -2.48. The fourth-order valence-corrected chi connectivity index (χ4v) is 3.34. The Kier molecular flexibility index (Phi) is 7.50. The number of halogens is 2. The molecule has 1 heterocycles. The van der Waals surface area contributed by atoms with Crippen molar-refractivity contribution in [1.29, 1.82) is 0 Å². The number of ether oxygens (including phenoxy) is 1. The smallest absolute Gasteiger partial charge is 0.303 e. The van der Waals surface area contributed by atoms with Crippen LogP contribution >= 0.6 is 0 Å². The first-order chi connectivity index (χ1) is 12.5. The first-order valence-electron chi connectivity index (χ1n) is 8.99. The lowest BCUT2D eigenvalue weighted by atomic mass is 9.73. The second-order valence-electron chi connectivity index (χ2n) is 6.63. The number of carbonyl (C=O) groups excluding carboxylic acids is 1. The topological polar surface area (TPSA) is 75.6 Å². The van der Waals surface area contributed by atoms with Gasteiger partial charge in [0, 0.05) is 37.8 Å². The van der Waals surface area contributed by atoms with Gasteiger partial charge in [-0.3, -0.25) is 9.59 Å². The number of aliphatic carboxylic acids is 1. The van der Waals surface area contributed by atoms with Gasteiger partial charge < -0.3 is 15.2 Å². The Morgan fingerprint density at radius 2 is 1.81 bits per heavy atom. The van der Waals surface area contributed by atoms with Crippen molar-refractivity contribution in [2.75, 3.05) is 19.8 Å². The average Bonchev–Trinajstić information content (AvgIpc) is 2.61. The first kappa shape index (κ1) is 20.3. The molecule has 26 heavy (non-hydrogen) atoms. The van der Waals surface area contributed by atoms with Crippen molar-refractivity contribution in [2.45, 2.75) is 50.4 Å². The summed E-state index contributed by atoms with van der Waals surface area (Å²) in [7, 11) is 0. The number of carboxylic acid groups (broad SMARTS) is 1. The number of unbranched alkanes of at least 4 members (excludes halogenated alkanes) is 3. The highest BCUT2D eigenvalue weighted by Gasteiger charge is 2.43. The number of carbonyl (C=O) groups is 2. The van der Waals surface area contributed by atoms with Crippen LogP contribution in [0, 0.1) is 11.6 Å². The Bertz CT molecular complexity index is 630. The summed E-state index contributed by atoms with van der Waals surface area (Å²) in [6.45, 7) is 1.14. The highest BCUT2D eigenvalue weighted by atomic mass is 19.1. The van der Waals surface area contributed by atoms with Crippen LogP contribution in [0.5, 0.6) is 0 Å². The molecule has 0 atom stereocenters. The third kappa shape index (κ3) is 5.24. The van der Waals surface area contributed by atoms with Crippen LogP contribution in [0.1, 0.15) is 50.5 Å². The molecule has 5 nitrogen and oxygen atoms in total. The summed E-state index contributed by atoms with van der Waals surface area (Å²) in [5.41, 5.74) is -0.833. The molecular weight excluding hydrogens is 344 g/mol. The fourth-order valence-electron chi connectivity index (χ4n) is 3.34. The Morgan fingerprint density at radius 1 is 1.12 bits per heavy atom. The molecular formula is C19H25F2NO4. The van der Waals surface area contributed by atoms with Crippen molar-refractivity contribution in [1.82, 2.24) is 5.32 Å². The molecule has 0 bridgehead atoms. The van der Waals surface area contributed by atoms with Gasteiger partial charge in [0.05, 0.1) is 5.41 Å². The molecule has 0 aromatic heterocycles. The van der Waals surface area contributed by atoms with E-state index in [-0.39, 0.29) is 17.9 Å². The van der Waals surface area contributed by atoms with E-state index in [0.717, 1.165) is 25.3 Å². The van der Waals surface area contributed by atoms with Gasteiger partial charge in [-0.2, -0.15) is 0 Å². The Morgan fingerprint density at radius 3 is 2.46 bits per heavy atom. The summed E-state index contributed by atoms with van der Waals surface area (Å²) in [5, 5.41) is 11.5. The zero-order valence-electron chi connectivity index (χ0n) is 14.7. The van der Waals surface area contributed by atoms with E-state index in [0.29, 0.717) is 39.0 Å². The number of benzene rings is 1. The maximum absolute atomic E-state index is 14.3. The van der Waals surface area contributed by atoms with Crippen molar-refractivity contribution in [3.05, 3.63) is 35.4 Å². The number of hydrogen-bond acceptors (Lipinski definition) is 3. The minimum atomic E-state index is -1.04. The summed E-state index contributed by atoms with van der Waals surface area (Å²) >= 11 is 0. The summed E-state index contributed by atoms with van der Waals surface area (Å²) in [4.78, 5) is 23.3. The molecule has 1 aromatic rings. The maximum Gasteiger partial charge on any atom is 0.303 e. The van der Waals surface area contributed by atoms with Gasteiger partial charge in [-0.1, -0.05) is 18.9 Å². The van der Waals surface area contributed by atoms with E-state index in [9.17, 15) is 18.4 Å². The molecule has 1 amide bonds. The molecule has 2 rings (SSSR count). The molecule has 0 aliphatic carbocycles. The highest BCUT2D eigenvalue weighted by Crippen LogP contribution is 2.37. The Labute approximate surface area is 151 Å². The third-order valence-corrected chi connectivity index (χ3v) is 4.83. The van der Waals surface area contributed by atoms with Crippen LogP contribution in [-0.2, 0) is 19.7 Å². The predicted octanol–water partition coefficient (Wildman–Crippen LogP) is 3.16. The predicted molar refractivity (Wildman–Crippen MR) is 91.8 cm³/mol. The van der Waals surface area contributed by atoms with Crippen LogP contribution in [-0.4, -0.2) is 36.7 Å². The van der Waals surface area contributed by atoms with Crippen LogP contribution in [0.2, 0.25) is 0 Å². The molecule has 2 N–H and O–H groups in total. The lowest BCUT2D eigenvalue weighted by Gasteiger charge is -2.36. The normalized spacial score (nSPS) is 16.2. The van der Waals surface area contributed by atoms with Gasteiger partial charge in [-0.05, 0) is 31.7 Å². The summed E-state index contributed by atoms with van der Waals surface area (Å²) in [6.07, 6.45) is 3.79. The van der Waals surface area contributed by atoms with Gasteiger partial charge in [0.1, 0.15) is 11.6 Å². The fraction of sp³-hybridized carbons (Fsp3) is 0.579. The van der Waals surface area contributed by atoms with E-state index in [1.54, 1.807) is 0 Å². The van der Waals surface area contributed by atoms with E-state index in [2.05, 4.69) is 5.32 Å². The quantitative estimate of drug-likeness (QED) is 0.656. The number of amides is 1. The zero-order chi connectivity index (χ0) is 19.0. The minimum absolute atomic E-state index is 0.152. The molecule has 1 aromatic carbocycles. The number of hydrogen-bond donors (Lipinski definition) is 2. The Balaban J connectivity index is 1.94. The van der Waals surface area contributed by atoms with Gasteiger partial charge in [-0.25, -0.2) is 8.78 Å². The molecule has 0 radical (unpaired) electrons. The molecule has 1 fully saturated rings. The Hall–Kier alpha value is -2.02. The molecule has 0 spiro atoms. The zero-order valence-corrected chi connectivity index (χ0v) is 14.7. The van der Waals surface area contributed by atoms with E-state index in [1.807, 2.05) is 0 Å². The number of carboxylic acids is 1. The largest absolute Gasteiger partial charge is 0.481 e. The van der Waals surface area contributed by atoms with Crippen LogP contribution in [0.25, 0.3) is 0 Å². The molecule has 1 aliphatic heterocycles. The summed E-state index contributed by atoms with van der Waals surface area (Å²) in [6, 6.07) is 3.33. The molecule has 0 saturated carbocycles. The molecule has 0 unspecified atom stereocenters. The SMILES string of the molecule is O=C(O)CCCCCCNC(=O)C1(c2ccc(F)cc2F)CCOCC1. The van der Waals surface area contributed by atoms with Gasteiger partial charge in [0.25, 0.3) is 0 Å². The van der Waals surface area contributed by atoms with Crippen LogP contribution in [0.15, 0.2) is 18.2 Å². The number of rotatable bonds is 9. The average molecular weight is 369 g/mol. The van der Waals surface area contributed by atoms with Crippen molar-refractivity contribution in [2.24, 2.45) is 0 Å². The van der Waals surface area contributed by atoms with Crippen molar-refractivity contribution in [3.63, 3.8) is 0 Å². The molecule has 1 saturated heterocycles. The number of nitrogens with one attached hydrogen (secondary N) is 1. The van der Waals surface area contributed by atoms with Gasteiger partial charge in [0.15, 0.2) is 0 Å². The van der Waals surface area contributed by atoms with E-state index in [1.165, 1.54) is 12.1 Å². The van der Waals surface area contributed by atoms with Gasteiger partial charge >= 0.3 is 5.97 Å². The molecule has 144 valence electrons. The summed E-state index contributed by atoms with van der Waals surface area (Å²) < 4.78 is 32.9. The van der Waals surface area contributed by atoms with Crippen LogP contribution < -0.4 is 5.32 Å². The highest BCUT2D eigenvalue weighted by molar-refractivity contribution is 5.88. The standard InChI is InChI=1S/C19H25F2NO4/c20-14-6-7-15(16(21)13-14)19(8-11-26-12-9-19)18(25)22-10-4-2-1-3-5-17(23)24/h6-7,13H,1-5,8-12H2,(H,22,25)(H,23,24). The van der Waals surface area contributed by atoms with E-state index >= 15 is 0 Å². The maximum atomic E-state index is 14.3. The minimum Gasteiger partial charge on any atom is -0.481 e. The van der Waals surface area contributed by atoms with E-state index in [4.69, 9.17) is 9.84 Å². The van der Waals surface area contributed by atoms with Crippen LogP contribution in [0.4, 0.5) is 8.78 Å². The monoisotopic (exact) mass is 369 g/mol. The second kappa shape index (κ2) is 9.62. The van der Waals surface area contributed by atoms with Crippen molar-refractivity contribution >= 4 is 11.9 Å². The first-order valence-corrected chi connectivity index (χ1v) is 8.99. The third-order valence-electron chi connectivity index (χ3n) is 4.83. The van der Waals surface area contributed by atoms with Gasteiger partial charge in [-0.15, -0.1) is 0 Å². The van der Waals surface area contributed by atoms with Crippen LogP contribution in [0.3, 0.4) is 0 Å². The van der Waals surface area contributed by atoms with Crippen molar-refractivity contribution < 1.29 is 28.2 Å². The second-order valence-corrected chi connectivity index (χ2v) is 6.63. The lowest BCUT2D eigenvalue weighted by molar-refractivity contribution is -0.137. The van der Waals surface area contributed by atoms with Crippen molar-refractivity contribution in [3.8, 4) is 0 Å². The van der Waals surface area contributed by atoms with Gasteiger partial charge in [0.2, 0.25) is 5.91 Å². The van der Waals surface area contributed by atoms with E-state index < -0.39 is 23.0 Å². The molecule has 1 aliphatic rings.